The molecule has 6 heteroatoms. The number of para-hydroxylation sites is 1. The van der Waals surface area contributed by atoms with Gasteiger partial charge in [-0.3, -0.25) is 10.1 Å². The van der Waals surface area contributed by atoms with E-state index in [1.807, 2.05) is 50.2 Å². The molecule has 6 nitrogen and oxygen atoms in total. The first kappa shape index (κ1) is 19.3. The van der Waals surface area contributed by atoms with Crippen LogP contribution in [-0.4, -0.2) is 32.2 Å². The molecule has 0 saturated carbocycles. The molecule has 0 heterocycles. The van der Waals surface area contributed by atoms with E-state index in [-0.39, 0.29) is 18.4 Å². The predicted molar refractivity (Wildman–Crippen MR) is 105 cm³/mol. The number of amides is 2. The van der Waals surface area contributed by atoms with Crippen molar-refractivity contribution in [2.24, 2.45) is 5.92 Å². The monoisotopic (exact) mass is 355 g/mol. The van der Waals surface area contributed by atoms with Crippen LogP contribution in [0.25, 0.3) is 0 Å². The van der Waals surface area contributed by atoms with E-state index < -0.39 is 6.09 Å². The highest BCUT2D eigenvalue weighted by atomic mass is 16.5. The fourth-order valence-electron chi connectivity index (χ4n) is 2.20. The molecule has 0 unspecified atom stereocenters. The summed E-state index contributed by atoms with van der Waals surface area (Å²) in [7, 11) is 1.74. The molecule has 2 aromatic carbocycles. The molecule has 0 saturated heterocycles. The van der Waals surface area contributed by atoms with Gasteiger partial charge in [0.1, 0.15) is 0 Å². The van der Waals surface area contributed by atoms with Gasteiger partial charge in [0.15, 0.2) is 0 Å². The molecule has 26 heavy (non-hydrogen) atoms. The van der Waals surface area contributed by atoms with E-state index in [1.54, 1.807) is 30.1 Å². The minimum absolute atomic E-state index is 0.0640. The lowest BCUT2D eigenvalue weighted by Gasteiger charge is -2.18. The fourth-order valence-corrected chi connectivity index (χ4v) is 2.20. The number of nitrogens with zero attached hydrogens (tertiary/aromatic N) is 1. The average molecular weight is 355 g/mol. The van der Waals surface area contributed by atoms with E-state index in [2.05, 4.69) is 10.6 Å². The molecule has 0 aliphatic rings. The minimum atomic E-state index is -0.490. The Bertz CT molecular complexity index is 732. The zero-order valence-electron chi connectivity index (χ0n) is 15.4. The lowest BCUT2D eigenvalue weighted by Crippen LogP contribution is -2.32. The van der Waals surface area contributed by atoms with Crippen molar-refractivity contribution in [1.82, 2.24) is 0 Å². The Labute approximate surface area is 154 Å². The van der Waals surface area contributed by atoms with Crippen LogP contribution in [0.5, 0.6) is 0 Å². The summed E-state index contributed by atoms with van der Waals surface area (Å²) in [5, 5.41) is 5.75. The van der Waals surface area contributed by atoms with Crippen molar-refractivity contribution in [2.75, 3.05) is 35.7 Å². The molecule has 0 bridgehead atoms. The average Bonchev–Trinajstić information content (AvgIpc) is 2.65. The van der Waals surface area contributed by atoms with Crippen LogP contribution in [0, 0.1) is 5.92 Å². The lowest BCUT2D eigenvalue weighted by molar-refractivity contribution is -0.116. The maximum atomic E-state index is 12.3. The van der Waals surface area contributed by atoms with E-state index in [9.17, 15) is 9.59 Å². The van der Waals surface area contributed by atoms with Crippen LogP contribution in [0.4, 0.5) is 21.9 Å². The maximum Gasteiger partial charge on any atom is 0.411 e. The zero-order chi connectivity index (χ0) is 18.9. The second-order valence-electron chi connectivity index (χ2n) is 6.34. The number of benzene rings is 2. The number of ether oxygens (including phenoxy) is 1. The Morgan fingerprint density at radius 3 is 2.42 bits per heavy atom. The first-order valence-electron chi connectivity index (χ1n) is 8.55. The molecular weight excluding hydrogens is 330 g/mol. The Kier molecular flexibility index (Phi) is 7.02. The highest BCUT2D eigenvalue weighted by Gasteiger charge is 2.10. The van der Waals surface area contributed by atoms with E-state index in [4.69, 9.17) is 4.74 Å². The Morgan fingerprint density at radius 1 is 1.04 bits per heavy atom. The lowest BCUT2D eigenvalue weighted by atomic mass is 10.2. The molecule has 0 aliphatic carbocycles. The standard InChI is InChI=1S/C20H25N3O3/c1-15(2)14-26-20(25)22-17-9-7-8-16(12-17)21-13-19(24)23(3)18-10-5-4-6-11-18/h4-12,15,21H,13-14H2,1-3H3,(H,22,25). The number of nitrogens with one attached hydrogen (secondary N) is 2. The van der Waals surface area contributed by atoms with Crippen LogP contribution in [0.2, 0.25) is 0 Å². The van der Waals surface area contributed by atoms with Crippen LogP contribution >= 0.6 is 0 Å². The van der Waals surface area contributed by atoms with Gasteiger partial charge in [-0.15, -0.1) is 0 Å². The number of hydrogen-bond acceptors (Lipinski definition) is 4. The predicted octanol–water partition coefficient (Wildman–Crippen LogP) is 3.97. The van der Waals surface area contributed by atoms with Crippen LogP contribution in [-0.2, 0) is 9.53 Å². The minimum Gasteiger partial charge on any atom is -0.449 e. The van der Waals surface area contributed by atoms with Gasteiger partial charge in [-0.1, -0.05) is 38.1 Å². The molecule has 0 aliphatic heterocycles. The number of hydrogen-bond donors (Lipinski definition) is 2. The normalized spacial score (nSPS) is 10.3. The molecular formula is C20H25N3O3. The van der Waals surface area contributed by atoms with Crippen molar-refractivity contribution in [1.29, 1.82) is 0 Å². The summed E-state index contributed by atoms with van der Waals surface area (Å²) < 4.78 is 5.09. The quantitative estimate of drug-likeness (QED) is 0.788. The number of likely N-dealkylation sites (N-methyl/N-ethyl adjacent to an activating group) is 1. The first-order chi connectivity index (χ1) is 12.5. The van der Waals surface area contributed by atoms with Crippen LogP contribution in [0.15, 0.2) is 54.6 Å². The third kappa shape index (κ3) is 6.12. The third-order valence-corrected chi connectivity index (χ3v) is 3.62. The number of rotatable bonds is 7. The van der Waals surface area contributed by atoms with Gasteiger partial charge in [-0.05, 0) is 36.2 Å². The molecule has 2 amide bonds. The van der Waals surface area contributed by atoms with Gasteiger partial charge in [0.25, 0.3) is 0 Å². The molecule has 2 rings (SSSR count). The van der Waals surface area contributed by atoms with Gasteiger partial charge in [-0.2, -0.15) is 0 Å². The SMILES string of the molecule is CC(C)COC(=O)Nc1cccc(NCC(=O)N(C)c2ccccc2)c1. The molecule has 2 aromatic rings. The van der Waals surface area contributed by atoms with Crippen molar-refractivity contribution in [3.8, 4) is 0 Å². The summed E-state index contributed by atoms with van der Waals surface area (Å²) in [6.07, 6.45) is -0.490. The molecule has 0 spiro atoms. The molecule has 2 N–H and O–H groups in total. The first-order valence-corrected chi connectivity index (χ1v) is 8.55. The molecule has 0 fully saturated rings. The summed E-state index contributed by atoms with van der Waals surface area (Å²) in [4.78, 5) is 25.6. The van der Waals surface area contributed by atoms with E-state index in [0.29, 0.717) is 12.3 Å². The smallest absolute Gasteiger partial charge is 0.411 e. The molecule has 0 aromatic heterocycles. The highest BCUT2D eigenvalue weighted by molar-refractivity contribution is 5.95. The van der Waals surface area contributed by atoms with Gasteiger partial charge in [0.2, 0.25) is 5.91 Å². The zero-order valence-corrected chi connectivity index (χ0v) is 15.4. The highest BCUT2D eigenvalue weighted by Crippen LogP contribution is 2.16. The van der Waals surface area contributed by atoms with Crippen molar-refractivity contribution in [2.45, 2.75) is 13.8 Å². The van der Waals surface area contributed by atoms with Gasteiger partial charge < -0.3 is 15.0 Å². The van der Waals surface area contributed by atoms with Crippen LogP contribution in [0.3, 0.4) is 0 Å². The summed E-state index contributed by atoms with van der Waals surface area (Å²) >= 11 is 0. The Balaban J connectivity index is 1.88. The van der Waals surface area contributed by atoms with E-state index in [1.165, 1.54) is 0 Å². The Hall–Kier alpha value is -3.02. The molecule has 0 atom stereocenters. The summed E-state index contributed by atoms with van der Waals surface area (Å²) in [5.74, 6) is 0.215. The number of anilines is 3. The van der Waals surface area contributed by atoms with Gasteiger partial charge in [-0.25, -0.2) is 4.79 Å². The van der Waals surface area contributed by atoms with E-state index in [0.717, 1.165) is 11.4 Å². The van der Waals surface area contributed by atoms with Gasteiger partial charge in [0, 0.05) is 24.1 Å². The number of carbonyl (C=O) groups excluding carboxylic acids is 2. The summed E-state index contributed by atoms with van der Waals surface area (Å²) in [6.45, 7) is 4.46. The van der Waals surface area contributed by atoms with Gasteiger partial charge in [0.05, 0.1) is 13.2 Å². The molecule has 0 radical (unpaired) electrons. The van der Waals surface area contributed by atoms with Crippen LogP contribution in [0.1, 0.15) is 13.8 Å². The maximum absolute atomic E-state index is 12.3. The second kappa shape index (κ2) is 9.46. The summed E-state index contributed by atoms with van der Waals surface area (Å²) in [5.41, 5.74) is 2.18. The van der Waals surface area contributed by atoms with Crippen molar-refractivity contribution in [3.63, 3.8) is 0 Å². The number of carbonyl (C=O) groups is 2. The van der Waals surface area contributed by atoms with Crippen molar-refractivity contribution >= 4 is 29.1 Å². The van der Waals surface area contributed by atoms with Crippen molar-refractivity contribution in [3.05, 3.63) is 54.6 Å². The molecule has 138 valence electrons. The third-order valence-electron chi connectivity index (χ3n) is 3.62. The Morgan fingerprint density at radius 2 is 1.73 bits per heavy atom. The summed E-state index contributed by atoms with van der Waals surface area (Å²) in [6, 6.07) is 16.6. The van der Waals surface area contributed by atoms with Gasteiger partial charge >= 0.3 is 6.09 Å². The second-order valence-corrected chi connectivity index (χ2v) is 6.34. The van der Waals surface area contributed by atoms with Crippen LogP contribution < -0.4 is 15.5 Å². The topological polar surface area (TPSA) is 70.7 Å². The van der Waals surface area contributed by atoms with E-state index >= 15 is 0 Å². The fraction of sp³-hybridized carbons (Fsp3) is 0.300. The largest absolute Gasteiger partial charge is 0.449 e. The van der Waals surface area contributed by atoms with Crippen molar-refractivity contribution < 1.29 is 14.3 Å².